The van der Waals surface area contributed by atoms with E-state index in [4.69, 9.17) is 0 Å². The van der Waals surface area contributed by atoms with E-state index in [9.17, 15) is 43.2 Å². The van der Waals surface area contributed by atoms with Gasteiger partial charge in [-0.2, -0.15) is 26.3 Å². The Hall–Kier alpha value is -1.42. The first kappa shape index (κ1) is 30.6. The first-order valence-corrected chi connectivity index (χ1v) is 13.2. The maximum atomic E-state index is 12.9. The van der Waals surface area contributed by atoms with E-state index in [1.807, 2.05) is 0 Å². The molecule has 198 valence electrons. The number of sulfonamides is 2. The Morgan fingerprint density at radius 1 is 0.735 bits per heavy atom. The van der Waals surface area contributed by atoms with Crippen molar-refractivity contribution in [3.05, 3.63) is 35.9 Å². The molecule has 2 atom stereocenters. The molecular formula is C19H29F6N3O4S2. The lowest BCUT2D eigenvalue weighted by Gasteiger charge is -2.34. The van der Waals surface area contributed by atoms with Crippen molar-refractivity contribution in [3.8, 4) is 0 Å². The van der Waals surface area contributed by atoms with E-state index in [1.165, 1.54) is 32.6 Å². The van der Waals surface area contributed by atoms with Crippen molar-refractivity contribution in [2.24, 2.45) is 11.8 Å². The van der Waals surface area contributed by atoms with E-state index < -0.39 is 55.0 Å². The molecule has 7 nitrogen and oxygen atoms in total. The molecule has 0 bridgehead atoms. The molecule has 0 amide bonds. The van der Waals surface area contributed by atoms with Crippen LogP contribution in [0.4, 0.5) is 26.3 Å². The fourth-order valence-corrected chi connectivity index (χ4v) is 4.66. The van der Waals surface area contributed by atoms with Gasteiger partial charge in [-0.3, -0.25) is 4.90 Å². The van der Waals surface area contributed by atoms with Crippen molar-refractivity contribution in [1.82, 2.24) is 14.3 Å². The summed E-state index contributed by atoms with van der Waals surface area (Å²) < 4.78 is 127. The molecule has 0 aliphatic heterocycles. The zero-order valence-electron chi connectivity index (χ0n) is 19.0. The summed E-state index contributed by atoms with van der Waals surface area (Å²) in [5.74, 6) is -1.25. The minimum Gasteiger partial charge on any atom is -0.296 e. The van der Waals surface area contributed by atoms with Crippen molar-refractivity contribution in [3.63, 3.8) is 0 Å². The standard InChI is InChI=1S/C19H29F6N3O4S2/c1-13(2)16(26-33(29,30)18(20,21)22)11-28(10-15-8-6-5-7-9-15)12-17(14(3)4)27-34(31,32)19(23,24)25/h5-9,13-14,16-17,26-27H,10-12H2,1-4H3/t16-,17+. The minimum absolute atomic E-state index is 0.0226. The Kier molecular flexibility index (Phi) is 10.4. The topological polar surface area (TPSA) is 95.6 Å². The highest BCUT2D eigenvalue weighted by molar-refractivity contribution is 7.90. The SMILES string of the molecule is CC(C)[C@H](CN(Cc1ccccc1)C[C@@H](NS(=O)(=O)C(F)(F)F)C(C)C)NS(=O)(=O)C(F)(F)F. The number of nitrogens with one attached hydrogen (secondary N) is 2. The number of alkyl halides is 6. The molecular weight excluding hydrogens is 512 g/mol. The molecule has 0 heterocycles. The van der Waals surface area contributed by atoms with Crippen LogP contribution < -0.4 is 9.44 Å². The van der Waals surface area contributed by atoms with Crippen LogP contribution in [0.1, 0.15) is 33.3 Å². The van der Waals surface area contributed by atoms with Crippen molar-refractivity contribution >= 4 is 20.0 Å². The Bertz CT molecular complexity index is 922. The first-order chi connectivity index (χ1) is 15.3. The normalized spacial score (nSPS) is 15.8. The van der Waals surface area contributed by atoms with E-state index in [-0.39, 0.29) is 19.6 Å². The summed E-state index contributed by atoms with van der Waals surface area (Å²) in [5.41, 5.74) is -10.5. The van der Waals surface area contributed by atoms with Gasteiger partial charge < -0.3 is 0 Å². The van der Waals surface area contributed by atoms with Crippen LogP contribution in [0.5, 0.6) is 0 Å². The van der Waals surface area contributed by atoms with E-state index in [0.29, 0.717) is 5.56 Å². The summed E-state index contributed by atoms with van der Waals surface area (Å²) in [5, 5.41) is 0. The predicted octanol–water partition coefficient (Wildman–Crippen LogP) is 3.42. The van der Waals surface area contributed by atoms with Gasteiger partial charge in [-0.15, -0.1) is 0 Å². The third kappa shape index (κ3) is 8.98. The lowest BCUT2D eigenvalue weighted by atomic mass is 10.0. The second-order valence-electron chi connectivity index (χ2n) is 8.51. The van der Waals surface area contributed by atoms with Crippen molar-refractivity contribution < 1.29 is 43.2 Å². The molecule has 0 fully saturated rings. The van der Waals surface area contributed by atoms with Crippen LogP contribution in [0.3, 0.4) is 0 Å². The van der Waals surface area contributed by atoms with E-state index in [1.54, 1.807) is 39.8 Å². The van der Waals surface area contributed by atoms with E-state index in [0.717, 1.165) is 0 Å². The van der Waals surface area contributed by atoms with Gasteiger partial charge in [-0.25, -0.2) is 26.3 Å². The maximum Gasteiger partial charge on any atom is 0.511 e. The summed E-state index contributed by atoms with van der Waals surface area (Å²) in [4.78, 5) is 1.42. The minimum atomic E-state index is -5.69. The third-order valence-corrected chi connectivity index (χ3v) is 7.44. The molecule has 0 aliphatic rings. The summed E-state index contributed by atoms with van der Waals surface area (Å²) in [6.45, 7) is 5.31. The molecule has 34 heavy (non-hydrogen) atoms. The molecule has 2 N–H and O–H groups in total. The quantitative estimate of drug-likeness (QED) is 0.396. The highest BCUT2D eigenvalue weighted by atomic mass is 32.2. The number of hydrogen-bond acceptors (Lipinski definition) is 5. The van der Waals surface area contributed by atoms with Crippen molar-refractivity contribution in [1.29, 1.82) is 0 Å². The second kappa shape index (κ2) is 11.5. The van der Waals surface area contributed by atoms with Gasteiger partial charge in [-0.05, 0) is 17.4 Å². The molecule has 1 aromatic carbocycles. The summed E-state index contributed by atoms with van der Waals surface area (Å²) >= 11 is 0. The maximum absolute atomic E-state index is 12.9. The molecule has 0 saturated carbocycles. The smallest absolute Gasteiger partial charge is 0.296 e. The van der Waals surface area contributed by atoms with Gasteiger partial charge in [-0.1, -0.05) is 58.0 Å². The van der Waals surface area contributed by atoms with Gasteiger partial charge in [0.2, 0.25) is 0 Å². The number of halogens is 6. The third-order valence-electron chi connectivity index (χ3n) is 4.99. The van der Waals surface area contributed by atoms with Crippen LogP contribution in [0.25, 0.3) is 0 Å². The number of hydrogen-bond donors (Lipinski definition) is 2. The summed E-state index contributed by atoms with van der Waals surface area (Å²) in [7, 11) is -11.4. The fourth-order valence-electron chi connectivity index (χ4n) is 2.90. The van der Waals surface area contributed by atoms with E-state index >= 15 is 0 Å². The van der Waals surface area contributed by atoms with Crippen LogP contribution in [0, 0.1) is 11.8 Å². The highest BCUT2D eigenvalue weighted by Gasteiger charge is 2.48. The monoisotopic (exact) mass is 541 g/mol. The molecule has 0 saturated heterocycles. The van der Waals surface area contributed by atoms with Gasteiger partial charge in [0.15, 0.2) is 0 Å². The van der Waals surface area contributed by atoms with Gasteiger partial charge in [0.1, 0.15) is 0 Å². The van der Waals surface area contributed by atoms with Crippen LogP contribution in [0.15, 0.2) is 30.3 Å². The lowest BCUT2D eigenvalue weighted by Crippen LogP contribution is -2.54. The van der Waals surface area contributed by atoms with Gasteiger partial charge in [0.05, 0.1) is 0 Å². The second-order valence-corrected chi connectivity index (χ2v) is 11.9. The Balaban J connectivity index is 3.27. The predicted molar refractivity (Wildman–Crippen MR) is 115 cm³/mol. The number of nitrogens with zero attached hydrogens (tertiary/aromatic N) is 1. The Morgan fingerprint density at radius 2 is 1.09 bits per heavy atom. The Morgan fingerprint density at radius 3 is 1.38 bits per heavy atom. The average Bonchev–Trinajstić information content (AvgIpc) is 2.65. The van der Waals surface area contributed by atoms with Crippen LogP contribution in [0.2, 0.25) is 0 Å². The average molecular weight is 542 g/mol. The zero-order valence-corrected chi connectivity index (χ0v) is 20.6. The number of rotatable bonds is 12. The van der Waals surface area contributed by atoms with Crippen LogP contribution >= 0.6 is 0 Å². The van der Waals surface area contributed by atoms with E-state index in [2.05, 4.69) is 0 Å². The van der Waals surface area contributed by atoms with Crippen LogP contribution in [-0.4, -0.2) is 57.9 Å². The molecule has 15 heteroatoms. The molecule has 0 radical (unpaired) electrons. The van der Waals surface area contributed by atoms with Gasteiger partial charge in [0, 0.05) is 31.7 Å². The van der Waals surface area contributed by atoms with Crippen molar-refractivity contribution in [2.45, 2.75) is 57.3 Å². The molecule has 0 spiro atoms. The first-order valence-electron chi connectivity index (χ1n) is 10.2. The zero-order chi connectivity index (χ0) is 26.5. The van der Waals surface area contributed by atoms with Gasteiger partial charge >= 0.3 is 31.1 Å². The summed E-state index contributed by atoms with van der Waals surface area (Å²) in [6, 6.07) is 5.86. The van der Waals surface area contributed by atoms with Crippen molar-refractivity contribution in [2.75, 3.05) is 13.1 Å². The largest absolute Gasteiger partial charge is 0.511 e. The molecule has 1 rings (SSSR count). The lowest BCUT2D eigenvalue weighted by molar-refractivity contribution is -0.0457. The van der Waals surface area contributed by atoms with Gasteiger partial charge in [0.25, 0.3) is 0 Å². The Labute approximate surface area is 196 Å². The van der Waals surface area contributed by atoms with Crippen LogP contribution in [-0.2, 0) is 26.6 Å². The molecule has 0 unspecified atom stereocenters. The summed E-state index contributed by atoms with van der Waals surface area (Å²) in [6.07, 6.45) is 0. The molecule has 1 aromatic rings. The number of benzene rings is 1. The highest BCUT2D eigenvalue weighted by Crippen LogP contribution is 2.25. The molecule has 0 aliphatic carbocycles. The fraction of sp³-hybridized carbons (Fsp3) is 0.684. The molecule has 0 aromatic heterocycles.